The van der Waals surface area contributed by atoms with Crippen molar-refractivity contribution in [3.05, 3.63) is 74.5 Å². The van der Waals surface area contributed by atoms with Gasteiger partial charge >= 0.3 is 0 Å². The smallest absolute Gasteiger partial charge is 0.227 e. The SMILES string of the molecule is CCCCC(C)c1ccc(CC)cc1/C=C(\O)C(=O)c1c(C(C)CCCC)c(C(C)CCCC)cc(C(C)CCCC)c1C(C)CCCC. The van der Waals surface area contributed by atoms with E-state index in [1.54, 1.807) is 0 Å². The van der Waals surface area contributed by atoms with Crippen molar-refractivity contribution in [1.29, 1.82) is 0 Å². The molecule has 0 aliphatic heterocycles. The zero-order valence-electron chi connectivity index (χ0n) is 33.9. The van der Waals surface area contributed by atoms with Crippen LogP contribution < -0.4 is 0 Å². The molecule has 0 bridgehead atoms. The first-order valence-electron chi connectivity index (χ1n) is 20.8. The Kier molecular flexibility index (Phi) is 19.6. The molecular formula is C47H76O2. The van der Waals surface area contributed by atoms with Crippen LogP contribution >= 0.6 is 0 Å². The standard InChI is InChI=1S/C47H76O2/c1-12-18-23-33(7)40-29-28-38(17-6)30-39(40)31-43(48)47(49)46-44(36(10)26-21-15-4)41(34(8)24-19-13-2)32-42(35(9)25-20-14-3)45(46)37(11)27-22-16-5/h28-37,48H,12-27H2,1-11H3/b43-31-. The molecule has 0 saturated carbocycles. The van der Waals surface area contributed by atoms with Gasteiger partial charge in [-0.1, -0.05) is 165 Å². The van der Waals surface area contributed by atoms with Crippen LogP contribution in [0.2, 0.25) is 0 Å². The first-order valence-corrected chi connectivity index (χ1v) is 20.8. The van der Waals surface area contributed by atoms with Gasteiger partial charge in [-0.15, -0.1) is 0 Å². The first kappa shape index (κ1) is 42.8. The van der Waals surface area contributed by atoms with Crippen LogP contribution in [0.3, 0.4) is 0 Å². The van der Waals surface area contributed by atoms with Crippen molar-refractivity contribution < 1.29 is 9.90 Å². The van der Waals surface area contributed by atoms with Gasteiger partial charge in [-0.2, -0.15) is 0 Å². The second-order valence-electron chi connectivity index (χ2n) is 15.6. The van der Waals surface area contributed by atoms with Crippen LogP contribution in [0.4, 0.5) is 0 Å². The average molecular weight is 673 g/mol. The molecule has 2 aromatic carbocycles. The van der Waals surface area contributed by atoms with E-state index < -0.39 is 0 Å². The number of aryl methyl sites for hydroxylation is 1. The van der Waals surface area contributed by atoms with Gasteiger partial charge in [-0.3, -0.25) is 4.79 Å². The number of ketones is 1. The molecule has 276 valence electrons. The Bertz CT molecular complexity index is 1250. The Balaban J connectivity index is 3.05. The number of carbonyl (C=O) groups is 1. The summed E-state index contributed by atoms with van der Waals surface area (Å²) >= 11 is 0. The number of aliphatic hydroxyl groups excluding tert-OH is 1. The van der Waals surface area contributed by atoms with Gasteiger partial charge < -0.3 is 5.11 Å². The molecule has 1 N–H and O–H groups in total. The summed E-state index contributed by atoms with van der Waals surface area (Å²) < 4.78 is 0. The second kappa shape index (κ2) is 22.5. The molecule has 2 nitrogen and oxygen atoms in total. The number of Topliss-reactive ketones (excluding diaryl/α,β-unsaturated/α-hetero) is 1. The highest BCUT2D eigenvalue weighted by Crippen LogP contribution is 2.44. The van der Waals surface area contributed by atoms with Gasteiger partial charge in [0, 0.05) is 5.56 Å². The predicted molar refractivity (Wildman–Crippen MR) is 217 cm³/mol. The Labute approximate surface area is 304 Å². The zero-order valence-corrected chi connectivity index (χ0v) is 33.9. The van der Waals surface area contributed by atoms with Gasteiger partial charge in [-0.25, -0.2) is 0 Å². The van der Waals surface area contributed by atoms with E-state index in [0.717, 1.165) is 81.8 Å². The van der Waals surface area contributed by atoms with Crippen LogP contribution in [0, 0.1) is 0 Å². The largest absolute Gasteiger partial charge is 0.504 e. The van der Waals surface area contributed by atoms with Gasteiger partial charge in [0.15, 0.2) is 5.76 Å². The van der Waals surface area contributed by atoms with Crippen LogP contribution in [-0.2, 0) is 6.42 Å². The molecule has 0 radical (unpaired) electrons. The minimum absolute atomic E-state index is 0.101. The van der Waals surface area contributed by atoms with E-state index in [1.165, 1.54) is 65.5 Å². The Morgan fingerprint density at radius 2 is 0.959 bits per heavy atom. The lowest BCUT2D eigenvalue weighted by Gasteiger charge is -2.32. The Morgan fingerprint density at radius 1 is 0.571 bits per heavy atom. The molecule has 0 fully saturated rings. The number of hydrogen-bond acceptors (Lipinski definition) is 2. The minimum Gasteiger partial charge on any atom is -0.504 e. The zero-order chi connectivity index (χ0) is 36.5. The van der Waals surface area contributed by atoms with Crippen LogP contribution in [0.25, 0.3) is 6.08 Å². The number of carbonyl (C=O) groups excluding carboxylic acids is 1. The molecule has 0 aromatic heterocycles. The van der Waals surface area contributed by atoms with E-state index >= 15 is 4.79 Å². The highest BCUT2D eigenvalue weighted by molar-refractivity contribution is 6.12. The lowest BCUT2D eigenvalue weighted by Crippen LogP contribution is -2.20. The fourth-order valence-electron chi connectivity index (χ4n) is 7.94. The van der Waals surface area contributed by atoms with E-state index in [2.05, 4.69) is 100 Å². The molecular weight excluding hydrogens is 597 g/mol. The molecule has 0 aliphatic carbocycles. The molecule has 2 aromatic rings. The van der Waals surface area contributed by atoms with Crippen LogP contribution in [0.5, 0.6) is 0 Å². The number of hydrogen-bond donors (Lipinski definition) is 1. The molecule has 0 saturated heterocycles. The molecule has 0 heterocycles. The minimum atomic E-state index is -0.167. The van der Waals surface area contributed by atoms with Crippen molar-refractivity contribution in [1.82, 2.24) is 0 Å². The van der Waals surface area contributed by atoms with Gasteiger partial charge in [0.05, 0.1) is 0 Å². The summed E-state index contributed by atoms with van der Waals surface area (Å²) in [5.41, 5.74) is 9.48. The molecule has 0 amide bonds. The molecule has 0 aliphatic rings. The molecule has 2 heteroatoms. The van der Waals surface area contributed by atoms with E-state index in [4.69, 9.17) is 0 Å². The van der Waals surface area contributed by atoms with Crippen molar-refractivity contribution >= 4 is 11.9 Å². The van der Waals surface area contributed by atoms with Crippen molar-refractivity contribution in [3.8, 4) is 0 Å². The number of rotatable bonds is 24. The summed E-state index contributed by atoms with van der Waals surface area (Å²) in [6, 6.07) is 9.22. The predicted octanol–water partition coefficient (Wildman–Crippen LogP) is 15.5. The highest BCUT2D eigenvalue weighted by atomic mass is 16.3. The summed E-state index contributed by atoms with van der Waals surface area (Å²) in [5.74, 6) is 1.31. The molecule has 5 unspecified atom stereocenters. The topological polar surface area (TPSA) is 37.3 Å². The average Bonchev–Trinajstić information content (AvgIpc) is 3.11. The van der Waals surface area contributed by atoms with Crippen molar-refractivity contribution in [2.24, 2.45) is 0 Å². The van der Waals surface area contributed by atoms with Crippen LogP contribution in [0.15, 0.2) is 30.0 Å². The number of benzene rings is 2. The van der Waals surface area contributed by atoms with Crippen LogP contribution in [0.1, 0.15) is 251 Å². The van der Waals surface area contributed by atoms with E-state index in [1.807, 2.05) is 6.08 Å². The molecule has 2 rings (SSSR count). The van der Waals surface area contributed by atoms with Crippen LogP contribution in [-0.4, -0.2) is 10.9 Å². The maximum Gasteiger partial charge on any atom is 0.227 e. The van der Waals surface area contributed by atoms with Gasteiger partial charge in [0.1, 0.15) is 0 Å². The van der Waals surface area contributed by atoms with E-state index in [0.29, 0.717) is 17.8 Å². The first-order chi connectivity index (χ1) is 23.5. The Morgan fingerprint density at radius 3 is 1.35 bits per heavy atom. The number of unbranched alkanes of at least 4 members (excludes halogenated alkanes) is 5. The van der Waals surface area contributed by atoms with E-state index in [-0.39, 0.29) is 23.4 Å². The fourth-order valence-corrected chi connectivity index (χ4v) is 7.94. The molecule has 5 atom stereocenters. The quantitative estimate of drug-likeness (QED) is 0.0684. The van der Waals surface area contributed by atoms with Crippen molar-refractivity contribution in [2.75, 3.05) is 0 Å². The maximum atomic E-state index is 15.2. The third-order valence-corrected chi connectivity index (χ3v) is 11.3. The summed E-state index contributed by atoms with van der Waals surface area (Å²) in [5, 5.41) is 12.1. The fraction of sp³-hybridized carbons (Fsp3) is 0.681. The Hall–Kier alpha value is -2.35. The van der Waals surface area contributed by atoms with Crippen molar-refractivity contribution in [3.63, 3.8) is 0 Å². The van der Waals surface area contributed by atoms with Gasteiger partial charge in [0.25, 0.3) is 0 Å². The van der Waals surface area contributed by atoms with E-state index in [9.17, 15) is 5.11 Å². The maximum absolute atomic E-state index is 15.2. The number of aliphatic hydroxyl groups is 1. The number of allylic oxidation sites excluding steroid dienone is 1. The third kappa shape index (κ3) is 12.1. The third-order valence-electron chi connectivity index (χ3n) is 11.3. The summed E-state index contributed by atoms with van der Waals surface area (Å²) in [6.07, 6.45) is 19.8. The lowest BCUT2D eigenvalue weighted by molar-refractivity contribution is 0.0977. The second-order valence-corrected chi connectivity index (χ2v) is 15.6. The highest BCUT2D eigenvalue weighted by Gasteiger charge is 2.32. The lowest BCUT2D eigenvalue weighted by atomic mass is 9.72. The van der Waals surface area contributed by atoms with Crippen molar-refractivity contribution in [2.45, 2.75) is 208 Å². The van der Waals surface area contributed by atoms with Gasteiger partial charge in [0.2, 0.25) is 5.78 Å². The normalized spacial score (nSPS) is 15.2. The summed E-state index contributed by atoms with van der Waals surface area (Å²) in [4.78, 5) is 15.2. The summed E-state index contributed by atoms with van der Waals surface area (Å²) in [7, 11) is 0. The molecule has 49 heavy (non-hydrogen) atoms. The summed E-state index contributed by atoms with van der Waals surface area (Å²) in [6.45, 7) is 25.2. The molecule has 0 spiro atoms. The monoisotopic (exact) mass is 673 g/mol. The van der Waals surface area contributed by atoms with Gasteiger partial charge in [-0.05, 0) is 113 Å².